The van der Waals surface area contributed by atoms with Crippen LogP contribution >= 0.6 is 0 Å². The lowest BCUT2D eigenvalue weighted by Gasteiger charge is -1.99. The lowest BCUT2D eigenvalue weighted by Crippen LogP contribution is -2.31. The molecule has 11 heavy (non-hydrogen) atoms. The van der Waals surface area contributed by atoms with Gasteiger partial charge in [0.2, 0.25) is 0 Å². The molecule has 0 aliphatic rings. The van der Waals surface area contributed by atoms with Crippen molar-refractivity contribution in [2.24, 2.45) is 10.7 Å². The lowest BCUT2D eigenvalue weighted by atomic mass is 10.6. The standard InChI is InChI=1S/C5H10N6/c1-7-5(6)8-2-4-9-3-10-11-4/h3H,2H2,1H3,(H3,6,7,8)(H,9,10,11). The Morgan fingerprint density at radius 1 is 1.91 bits per heavy atom. The molecule has 1 aromatic heterocycles. The number of rotatable bonds is 2. The van der Waals surface area contributed by atoms with E-state index in [1.54, 1.807) is 7.05 Å². The van der Waals surface area contributed by atoms with E-state index >= 15 is 0 Å². The van der Waals surface area contributed by atoms with Gasteiger partial charge in [-0.1, -0.05) is 0 Å². The topological polar surface area (TPSA) is 92.0 Å². The van der Waals surface area contributed by atoms with Gasteiger partial charge in [0.1, 0.15) is 12.2 Å². The SMILES string of the molecule is CN=C(N)NCc1ncn[nH]1. The molecule has 0 radical (unpaired) electrons. The number of nitrogens with zero attached hydrogens (tertiary/aromatic N) is 3. The average molecular weight is 154 g/mol. The summed E-state index contributed by atoms with van der Waals surface area (Å²) >= 11 is 0. The summed E-state index contributed by atoms with van der Waals surface area (Å²) in [6.45, 7) is 0.517. The lowest BCUT2D eigenvalue weighted by molar-refractivity contribution is 0.823. The van der Waals surface area contributed by atoms with Crippen LogP contribution in [0.25, 0.3) is 0 Å². The number of aliphatic imine (C=N–C) groups is 1. The molecular weight excluding hydrogens is 144 g/mol. The number of aromatic nitrogens is 3. The van der Waals surface area contributed by atoms with Gasteiger partial charge in [0.25, 0.3) is 0 Å². The van der Waals surface area contributed by atoms with E-state index in [1.807, 2.05) is 0 Å². The summed E-state index contributed by atoms with van der Waals surface area (Å²) < 4.78 is 0. The summed E-state index contributed by atoms with van der Waals surface area (Å²) in [5, 5.41) is 9.18. The molecule has 0 bridgehead atoms. The first kappa shape index (κ1) is 7.52. The molecule has 1 heterocycles. The van der Waals surface area contributed by atoms with Gasteiger partial charge in [0.05, 0.1) is 6.54 Å². The number of guanidine groups is 1. The summed E-state index contributed by atoms with van der Waals surface area (Å²) in [6, 6.07) is 0. The molecule has 0 unspecified atom stereocenters. The molecule has 0 saturated carbocycles. The highest BCUT2D eigenvalue weighted by molar-refractivity contribution is 5.77. The largest absolute Gasteiger partial charge is 0.370 e. The number of nitrogens with two attached hydrogens (primary N) is 1. The normalized spacial score (nSPS) is 11.5. The third-order valence-corrected chi connectivity index (χ3v) is 1.14. The summed E-state index contributed by atoms with van der Waals surface area (Å²) in [5.41, 5.74) is 5.37. The van der Waals surface area contributed by atoms with Gasteiger partial charge in [-0.05, 0) is 0 Å². The molecule has 0 saturated heterocycles. The Balaban J connectivity index is 2.35. The van der Waals surface area contributed by atoms with Crippen molar-refractivity contribution in [1.29, 1.82) is 0 Å². The highest BCUT2D eigenvalue weighted by Crippen LogP contribution is 1.81. The smallest absolute Gasteiger partial charge is 0.188 e. The predicted octanol–water partition coefficient (Wildman–Crippen LogP) is -1.16. The van der Waals surface area contributed by atoms with Crippen LogP contribution in [0.4, 0.5) is 0 Å². The van der Waals surface area contributed by atoms with Gasteiger partial charge in [-0.3, -0.25) is 10.1 Å². The summed E-state index contributed by atoms with van der Waals surface area (Å²) in [7, 11) is 1.61. The van der Waals surface area contributed by atoms with Crippen molar-refractivity contribution < 1.29 is 0 Å². The van der Waals surface area contributed by atoms with Gasteiger partial charge >= 0.3 is 0 Å². The van der Waals surface area contributed by atoms with Crippen LogP contribution in [-0.2, 0) is 6.54 Å². The monoisotopic (exact) mass is 154 g/mol. The number of aromatic amines is 1. The average Bonchev–Trinajstić information content (AvgIpc) is 2.52. The predicted molar refractivity (Wildman–Crippen MR) is 40.8 cm³/mol. The van der Waals surface area contributed by atoms with Gasteiger partial charge in [0.15, 0.2) is 5.96 Å². The van der Waals surface area contributed by atoms with Crippen LogP contribution in [0, 0.1) is 0 Å². The van der Waals surface area contributed by atoms with Crippen LogP contribution in [0.15, 0.2) is 11.3 Å². The molecule has 1 rings (SSSR count). The quantitative estimate of drug-likeness (QED) is 0.370. The number of H-pyrrole nitrogens is 1. The number of hydrogen-bond acceptors (Lipinski definition) is 3. The van der Waals surface area contributed by atoms with Crippen LogP contribution in [0.5, 0.6) is 0 Å². The molecule has 6 nitrogen and oxygen atoms in total. The first-order valence-electron chi connectivity index (χ1n) is 3.13. The van der Waals surface area contributed by atoms with Gasteiger partial charge < -0.3 is 11.1 Å². The van der Waals surface area contributed by atoms with Gasteiger partial charge in [0, 0.05) is 7.05 Å². The first-order valence-corrected chi connectivity index (χ1v) is 3.13. The van der Waals surface area contributed by atoms with Crippen molar-refractivity contribution in [3.05, 3.63) is 12.2 Å². The molecular formula is C5H10N6. The van der Waals surface area contributed by atoms with E-state index in [2.05, 4.69) is 25.5 Å². The van der Waals surface area contributed by atoms with E-state index in [4.69, 9.17) is 5.73 Å². The van der Waals surface area contributed by atoms with Crippen LogP contribution in [-0.4, -0.2) is 28.2 Å². The molecule has 0 amide bonds. The van der Waals surface area contributed by atoms with Gasteiger partial charge in [-0.25, -0.2) is 4.98 Å². The van der Waals surface area contributed by atoms with Gasteiger partial charge in [-0.2, -0.15) is 5.10 Å². The number of nitrogens with one attached hydrogen (secondary N) is 2. The minimum atomic E-state index is 0.390. The van der Waals surface area contributed by atoms with Crippen LogP contribution in [0.3, 0.4) is 0 Å². The molecule has 6 heteroatoms. The van der Waals surface area contributed by atoms with E-state index in [9.17, 15) is 0 Å². The van der Waals surface area contributed by atoms with E-state index < -0.39 is 0 Å². The molecule has 0 aliphatic carbocycles. The Labute approximate surface area is 63.9 Å². The van der Waals surface area contributed by atoms with Crippen molar-refractivity contribution in [2.45, 2.75) is 6.54 Å². The summed E-state index contributed by atoms with van der Waals surface area (Å²) in [5.74, 6) is 1.12. The molecule has 0 aliphatic heterocycles. The molecule has 4 N–H and O–H groups in total. The van der Waals surface area contributed by atoms with Crippen molar-refractivity contribution in [1.82, 2.24) is 20.5 Å². The van der Waals surface area contributed by atoms with Crippen molar-refractivity contribution in [3.63, 3.8) is 0 Å². The second-order valence-electron chi connectivity index (χ2n) is 1.89. The first-order chi connectivity index (χ1) is 5.33. The van der Waals surface area contributed by atoms with Gasteiger partial charge in [-0.15, -0.1) is 0 Å². The number of hydrogen-bond donors (Lipinski definition) is 3. The van der Waals surface area contributed by atoms with Crippen molar-refractivity contribution in [3.8, 4) is 0 Å². The maximum Gasteiger partial charge on any atom is 0.188 e. The van der Waals surface area contributed by atoms with Crippen LogP contribution in [0.2, 0.25) is 0 Å². The third kappa shape index (κ3) is 2.24. The zero-order valence-electron chi connectivity index (χ0n) is 6.20. The molecule has 1 aromatic rings. The minimum absolute atomic E-state index is 0.390. The Morgan fingerprint density at radius 2 is 2.73 bits per heavy atom. The zero-order valence-corrected chi connectivity index (χ0v) is 6.20. The fraction of sp³-hybridized carbons (Fsp3) is 0.400. The highest BCUT2D eigenvalue weighted by atomic mass is 15.2. The van der Waals surface area contributed by atoms with Crippen LogP contribution in [0.1, 0.15) is 5.82 Å². The van der Waals surface area contributed by atoms with E-state index in [0.717, 1.165) is 5.82 Å². The second kappa shape index (κ2) is 3.55. The Hall–Kier alpha value is -1.59. The molecule has 0 atom stereocenters. The highest BCUT2D eigenvalue weighted by Gasteiger charge is 1.93. The molecule has 0 aromatic carbocycles. The fourth-order valence-electron chi connectivity index (χ4n) is 0.569. The Kier molecular flexibility index (Phi) is 2.42. The third-order valence-electron chi connectivity index (χ3n) is 1.14. The summed E-state index contributed by atoms with van der Waals surface area (Å²) in [4.78, 5) is 7.59. The molecule has 0 fully saturated rings. The zero-order chi connectivity index (χ0) is 8.10. The Bertz CT molecular complexity index is 225. The van der Waals surface area contributed by atoms with E-state index in [0.29, 0.717) is 12.5 Å². The van der Waals surface area contributed by atoms with Crippen molar-refractivity contribution >= 4 is 5.96 Å². The summed E-state index contributed by atoms with van der Waals surface area (Å²) in [6.07, 6.45) is 1.44. The van der Waals surface area contributed by atoms with E-state index in [-0.39, 0.29) is 0 Å². The Morgan fingerprint density at radius 3 is 3.27 bits per heavy atom. The maximum absolute atomic E-state index is 5.37. The van der Waals surface area contributed by atoms with E-state index in [1.165, 1.54) is 6.33 Å². The van der Waals surface area contributed by atoms with Crippen LogP contribution < -0.4 is 11.1 Å². The maximum atomic E-state index is 5.37. The molecule has 60 valence electrons. The minimum Gasteiger partial charge on any atom is -0.370 e. The molecule has 0 spiro atoms. The fourth-order valence-corrected chi connectivity index (χ4v) is 0.569. The second-order valence-corrected chi connectivity index (χ2v) is 1.89. The van der Waals surface area contributed by atoms with Crippen molar-refractivity contribution in [2.75, 3.05) is 7.05 Å².